The van der Waals surface area contributed by atoms with Crippen LogP contribution in [0.3, 0.4) is 0 Å². The molecule has 0 bridgehead atoms. The van der Waals surface area contributed by atoms with Gasteiger partial charge in [0.1, 0.15) is 0 Å². The summed E-state index contributed by atoms with van der Waals surface area (Å²) >= 11 is 1.35. The summed E-state index contributed by atoms with van der Waals surface area (Å²) in [6.45, 7) is 4.14. The third kappa shape index (κ3) is 4.15. The van der Waals surface area contributed by atoms with E-state index in [4.69, 9.17) is 0 Å². The Balaban J connectivity index is 1.96. The van der Waals surface area contributed by atoms with Crippen LogP contribution in [0.1, 0.15) is 43.6 Å². The molecule has 160 valence electrons. The molecule has 10 heteroatoms. The third-order valence-corrected chi connectivity index (χ3v) is 8.26. The van der Waals surface area contributed by atoms with Gasteiger partial charge in [-0.15, -0.1) is 11.3 Å². The molecule has 1 aromatic heterocycles. The number of nitrogens with zero attached hydrogens (tertiary/aromatic N) is 2. The molecule has 1 fully saturated rings. The first-order valence-electron chi connectivity index (χ1n) is 9.38. The van der Waals surface area contributed by atoms with Crippen molar-refractivity contribution in [3.63, 3.8) is 0 Å². The molecule has 29 heavy (non-hydrogen) atoms. The third-order valence-electron chi connectivity index (χ3n) is 5.13. The number of aryl methyl sites for hydroxylation is 1. The van der Waals surface area contributed by atoms with Crippen molar-refractivity contribution in [3.8, 4) is 0 Å². The quantitative estimate of drug-likeness (QED) is 0.739. The van der Waals surface area contributed by atoms with Crippen LogP contribution in [-0.2, 0) is 21.9 Å². The normalized spacial score (nSPS) is 17.9. The summed E-state index contributed by atoms with van der Waals surface area (Å²) in [6, 6.07) is 4.16. The average molecular weight is 449 g/mol. The lowest BCUT2D eigenvalue weighted by atomic mass is 9.96. The van der Waals surface area contributed by atoms with Gasteiger partial charge in [-0.05, 0) is 50.3 Å². The topological polar surface area (TPSA) is 70.5 Å². The van der Waals surface area contributed by atoms with Gasteiger partial charge in [0.2, 0.25) is 9.84 Å². The molecule has 1 unspecified atom stereocenters. The first-order valence-corrected chi connectivity index (χ1v) is 11.7. The number of aromatic nitrogens is 1. The predicted molar refractivity (Wildman–Crippen MR) is 105 cm³/mol. The number of hydrogen-bond donors (Lipinski definition) is 1. The predicted octanol–water partition coefficient (Wildman–Crippen LogP) is 4.30. The highest BCUT2D eigenvalue weighted by Crippen LogP contribution is 2.39. The molecular weight excluding hydrogens is 425 g/mol. The van der Waals surface area contributed by atoms with Crippen molar-refractivity contribution < 1.29 is 26.7 Å². The van der Waals surface area contributed by atoms with Crippen LogP contribution in [0.25, 0.3) is 0 Å². The van der Waals surface area contributed by atoms with Crippen LogP contribution in [0.4, 0.5) is 18.3 Å². The fourth-order valence-electron chi connectivity index (χ4n) is 3.21. The van der Waals surface area contributed by atoms with Crippen LogP contribution in [0.5, 0.6) is 0 Å². The van der Waals surface area contributed by atoms with Gasteiger partial charge in [-0.25, -0.2) is 13.4 Å². The second kappa shape index (κ2) is 7.88. The molecule has 0 aliphatic carbocycles. The molecule has 1 saturated heterocycles. The standard InChI is InChI=1S/C19H23F3N2O3S2/c1-3-15-16(23-17(28-15)24-11-5-4-6-12-24)29(26,27)14-9-7-13(8-10-14)18(2,25)19(20,21)22/h7-10,25H,3-6,11-12H2,1-2H3. The van der Waals surface area contributed by atoms with E-state index in [2.05, 4.69) is 9.88 Å². The van der Waals surface area contributed by atoms with Crippen LogP contribution >= 0.6 is 11.3 Å². The molecule has 3 rings (SSSR count). The largest absolute Gasteiger partial charge is 0.421 e. The van der Waals surface area contributed by atoms with Crippen LogP contribution in [0.15, 0.2) is 34.2 Å². The highest BCUT2D eigenvalue weighted by atomic mass is 32.2. The first-order chi connectivity index (χ1) is 13.5. The van der Waals surface area contributed by atoms with E-state index >= 15 is 0 Å². The Bertz CT molecular complexity index is 962. The van der Waals surface area contributed by atoms with Crippen molar-refractivity contribution in [1.82, 2.24) is 4.98 Å². The van der Waals surface area contributed by atoms with Crippen molar-refractivity contribution in [2.75, 3.05) is 18.0 Å². The first kappa shape index (κ1) is 22.0. The van der Waals surface area contributed by atoms with E-state index in [-0.39, 0.29) is 9.92 Å². The van der Waals surface area contributed by atoms with Crippen LogP contribution in [0, 0.1) is 0 Å². The molecule has 0 radical (unpaired) electrons. The van der Waals surface area contributed by atoms with Crippen LogP contribution in [0.2, 0.25) is 0 Å². The molecule has 1 N–H and O–H groups in total. The number of piperidine rings is 1. The minimum atomic E-state index is -4.87. The lowest BCUT2D eigenvalue weighted by Crippen LogP contribution is -2.39. The molecule has 0 saturated carbocycles. The fourth-order valence-corrected chi connectivity index (χ4v) is 6.04. The molecule has 2 aromatic rings. The zero-order valence-electron chi connectivity index (χ0n) is 16.2. The number of aliphatic hydroxyl groups is 1. The number of anilines is 1. The van der Waals surface area contributed by atoms with Gasteiger partial charge in [0.15, 0.2) is 15.8 Å². The van der Waals surface area contributed by atoms with Crippen molar-refractivity contribution in [1.29, 1.82) is 0 Å². The Morgan fingerprint density at radius 1 is 1.14 bits per heavy atom. The monoisotopic (exact) mass is 448 g/mol. The van der Waals surface area contributed by atoms with E-state index < -0.39 is 27.2 Å². The number of benzene rings is 1. The minimum absolute atomic E-state index is 0.0408. The summed E-state index contributed by atoms with van der Waals surface area (Å²) in [7, 11) is -3.99. The fraction of sp³-hybridized carbons (Fsp3) is 0.526. The average Bonchev–Trinajstić information content (AvgIpc) is 3.13. The summed E-state index contributed by atoms with van der Waals surface area (Å²) in [5, 5.41) is 10.4. The summed E-state index contributed by atoms with van der Waals surface area (Å²) < 4.78 is 65.3. The maximum atomic E-state index is 13.1. The Labute approximate surface area is 172 Å². The van der Waals surface area contributed by atoms with Crippen LogP contribution in [-0.4, -0.2) is 37.8 Å². The molecule has 5 nitrogen and oxygen atoms in total. The summed E-state index contributed by atoms with van der Waals surface area (Å²) in [6.07, 6.45) is -1.18. The van der Waals surface area contributed by atoms with Gasteiger partial charge in [0.25, 0.3) is 0 Å². The second-order valence-electron chi connectivity index (χ2n) is 7.22. The number of hydrogen-bond acceptors (Lipinski definition) is 6. The zero-order valence-corrected chi connectivity index (χ0v) is 17.8. The lowest BCUT2D eigenvalue weighted by Gasteiger charge is -2.26. The van der Waals surface area contributed by atoms with E-state index in [0.29, 0.717) is 23.4 Å². The minimum Gasteiger partial charge on any atom is -0.376 e. The maximum absolute atomic E-state index is 13.1. The zero-order chi connectivity index (χ0) is 21.4. The van der Waals surface area contributed by atoms with E-state index in [1.165, 1.54) is 11.3 Å². The van der Waals surface area contributed by atoms with Crippen molar-refractivity contribution in [3.05, 3.63) is 34.7 Å². The molecule has 1 aliphatic heterocycles. The molecule has 0 amide bonds. The number of thiazole rings is 1. The Morgan fingerprint density at radius 2 is 1.72 bits per heavy atom. The van der Waals surface area contributed by atoms with Crippen molar-refractivity contribution >= 4 is 26.3 Å². The van der Waals surface area contributed by atoms with Gasteiger partial charge in [0.05, 0.1) is 4.90 Å². The van der Waals surface area contributed by atoms with E-state index in [1.54, 1.807) is 0 Å². The van der Waals surface area contributed by atoms with Crippen molar-refractivity contribution in [2.24, 2.45) is 0 Å². The van der Waals surface area contributed by atoms with E-state index in [9.17, 15) is 26.7 Å². The number of alkyl halides is 3. The molecule has 1 aromatic carbocycles. The smallest absolute Gasteiger partial charge is 0.376 e. The molecule has 1 atom stereocenters. The Morgan fingerprint density at radius 3 is 2.24 bits per heavy atom. The van der Waals surface area contributed by atoms with E-state index in [0.717, 1.165) is 56.6 Å². The van der Waals surface area contributed by atoms with E-state index in [1.807, 2.05) is 6.92 Å². The molecule has 2 heterocycles. The second-order valence-corrected chi connectivity index (χ2v) is 10.2. The number of halogens is 3. The summed E-state index contributed by atoms with van der Waals surface area (Å²) in [4.78, 5) is 6.94. The Kier molecular flexibility index (Phi) is 5.99. The van der Waals surface area contributed by atoms with Crippen LogP contribution < -0.4 is 4.90 Å². The Hall–Kier alpha value is -1.65. The van der Waals surface area contributed by atoms with Gasteiger partial charge in [-0.1, -0.05) is 19.1 Å². The van der Waals surface area contributed by atoms with Gasteiger partial charge in [-0.2, -0.15) is 13.2 Å². The number of rotatable bonds is 5. The van der Waals surface area contributed by atoms with Crippen molar-refractivity contribution in [2.45, 2.75) is 61.2 Å². The van der Waals surface area contributed by atoms with Gasteiger partial charge in [-0.3, -0.25) is 0 Å². The molecular formula is C19H23F3N2O3S2. The van der Waals surface area contributed by atoms with Gasteiger partial charge in [0, 0.05) is 18.0 Å². The molecule has 1 aliphatic rings. The summed E-state index contributed by atoms with van der Waals surface area (Å²) in [5.41, 5.74) is -3.49. The number of sulfone groups is 1. The highest BCUT2D eigenvalue weighted by Gasteiger charge is 2.51. The maximum Gasteiger partial charge on any atom is 0.421 e. The summed E-state index contributed by atoms with van der Waals surface area (Å²) in [5.74, 6) is 0. The SMILES string of the molecule is CCc1sc(N2CCCCC2)nc1S(=O)(=O)c1ccc(C(C)(O)C(F)(F)F)cc1. The lowest BCUT2D eigenvalue weighted by molar-refractivity contribution is -0.258. The van der Waals surface area contributed by atoms with Gasteiger partial charge >= 0.3 is 6.18 Å². The van der Waals surface area contributed by atoms with Gasteiger partial charge < -0.3 is 10.0 Å². The highest BCUT2D eigenvalue weighted by molar-refractivity contribution is 7.91. The molecule has 0 spiro atoms.